The first-order valence-electron chi connectivity index (χ1n) is 6.05. The van der Waals surface area contributed by atoms with Gasteiger partial charge in [0.25, 0.3) is 0 Å². The first-order chi connectivity index (χ1) is 9.97. The van der Waals surface area contributed by atoms with E-state index in [1.807, 2.05) is 0 Å². The molecular weight excluding hydrogens is 330 g/mol. The number of hydrogen-bond donors (Lipinski definition) is 2. The molecule has 0 saturated heterocycles. The summed E-state index contributed by atoms with van der Waals surface area (Å²) in [5, 5.41) is 8.92. The van der Waals surface area contributed by atoms with Crippen molar-refractivity contribution in [3.8, 4) is 0 Å². The van der Waals surface area contributed by atoms with Gasteiger partial charge in [-0.25, -0.2) is 26.0 Å². The highest BCUT2D eigenvalue weighted by molar-refractivity contribution is 7.89. The minimum atomic E-state index is -5.12. The molecule has 1 aromatic rings. The summed E-state index contributed by atoms with van der Waals surface area (Å²) in [6, 6.07) is -1.85. The van der Waals surface area contributed by atoms with E-state index in [-0.39, 0.29) is 18.4 Å². The van der Waals surface area contributed by atoms with Crippen LogP contribution in [-0.4, -0.2) is 25.5 Å². The third-order valence-corrected chi connectivity index (χ3v) is 4.13. The lowest BCUT2D eigenvalue weighted by Gasteiger charge is -2.17. The second-order valence-corrected chi connectivity index (χ2v) is 6.59. The van der Waals surface area contributed by atoms with Crippen molar-refractivity contribution >= 4 is 16.0 Å². The van der Waals surface area contributed by atoms with Crippen LogP contribution >= 0.6 is 0 Å². The summed E-state index contributed by atoms with van der Waals surface area (Å²) in [6.45, 7) is 3.18. The molecule has 0 aliphatic carbocycles. The maximum atomic E-state index is 13.5. The van der Waals surface area contributed by atoms with Gasteiger partial charge in [-0.2, -0.15) is 4.72 Å². The molecule has 0 heterocycles. The molecule has 0 saturated carbocycles. The Labute approximate surface area is 124 Å². The van der Waals surface area contributed by atoms with Gasteiger partial charge in [0.05, 0.1) is 0 Å². The largest absolute Gasteiger partial charge is 0.480 e. The quantitative estimate of drug-likeness (QED) is 0.611. The van der Waals surface area contributed by atoms with E-state index in [0.717, 1.165) is 0 Å². The lowest BCUT2D eigenvalue weighted by molar-refractivity contribution is -0.139. The molecule has 0 spiro atoms. The highest BCUT2D eigenvalue weighted by Crippen LogP contribution is 2.24. The Kier molecular flexibility index (Phi) is 5.52. The van der Waals surface area contributed by atoms with Crippen LogP contribution in [0.3, 0.4) is 0 Å². The van der Waals surface area contributed by atoms with Gasteiger partial charge in [-0.15, -0.1) is 0 Å². The van der Waals surface area contributed by atoms with Crippen molar-refractivity contribution in [2.75, 3.05) is 0 Å². The number of carboxylic acid groups (broad SMARTS) is 1. The Morgan fingerprint density at radius 1 is 1.18 bits per heavy atom. The SMILES string of the molecule is CC(C)C[C@@H](NS(=O)(=O)c1c(F)c(F)cc(F)c1F)C(=O)O. The molecule has 0 bridgehead atoms. The molecule has 0 radical (unpaired) electrons. The van der Waals surface area contributed by atoms with Crippen LogP contribution < -0.4 is 4.72 Å². The molecule has 0 unspecified atom stereocenters. The van der Waals surface area contributed by atoms with E-state index in [0.29, 0.717) is 0 Å². The van der Waals surface area contributed by atoms with Crippen molar-refractivity contribution in [3.05, 3.63) is 29.3 Å². The molecule has 0 aromatic heterocycles. The van der Waals surface area contributed by atoms with Crippen LogP contribution in [0.15, 0.2) is 11.0 Å². The minimum absolute atomic E-state index is 0.146. The van der Waals surface area contributed by atoms with E-state index < -0.39 is 50.2 Å². The summed E-state index contributed by atoms with van der Waals surface area (Å²) in [6.07, 6.45) is -0.185. The normalized spacial score (nSPS) is 13.4. The Morgan fingerprint density at radius 2 is 1.64 bits per heavy atom. The molecule has 1 rings (SSSR count). The number of carboxylic acids is 1. The van der Waals surface area contributed by atoms with E-state index >= 15 is 0 Å². The van der Waals surface area contributed by atoms with E-state index in [2.05, 4.69) is 0 Å². The van der Waals surface area contributed by atoms with Gasteiger partial charge < -0.3 is 5.11 Å². The van der Waals surface area contributed by atoms with Crippen LogP contribution in [0.5, 0.6) is 0 Å². The number of halogens is 4. The summed E-state index contributed by atoms with van der Waals surface area (Å²) >= 11 is 0. The van der Waals surface area contributed by atoms with Gasteiger partial charge in [-0.3, -0.25) is 4.79 Å². The molecule has 0 fully saturated rings. The fourth-order valence-corrected chi connectivity index (χ4v) is 3.06. The van der Waals surface area contributed by atoms with Gasteiger partial charge in [0, 0.05) is 6.07 Å². The van der Waals surface area contributed by atoms with Crippen LogP contribution in [0.25, 0.3) is 0 Å². The topological polar surface area (TPSA) is 83.5 Å². The van der Waals surface area contributed by atoms with Gasteiger partial charge in [-0.1, -0.05) is 13.8 Å². The summed E-state index contributed by atoms with van der Waals surface area (Å²) < 4.78 is 78.4. The third-order valence-electron chi connectivity index (χ3n) is 2.64. The molecule has 10 heteroatoms. The number of carbonyl (C=O) groups is 1. The predicted molar refractivity (Wildman–Crippen MR) is 67.5 cm³/mol. The van der Waals surface area contributed by atoms with Crippen LogP contribution in [0, 0.1) is 29.2 Å². The summed E-state index contributed by atoms with van der Waals surface area (Å²) in [4.78, 5) is 9.10. The van der Waals surface area contributed by atoms with Crippen LogP contribution in [0.1, 0.15) is 20.3 Å². The monoisotopic (exact) mass is 343 g/mol. The van der Waals surface area contributed by atoms with Crippen molar-refractivity contribution in [2.45, 2.75) is 31.2 Å². The van der Waals surface area contributed by atoms with E-state index in [9.17, 15) is 30.8 Å². The fourth-order valence-electron chi connectivity index (χ4n) is 1.70. The second kappa shape index (κ2) is 6.61. The number of hydrogen-bond acceptors (Lipinski definition) is 3. The zero-order valence-corrected chi connectivity index (χ0v) is 12.3. The minimum Gasteiger partial charge on any atom is -0.480 e. The van der Waals surface area contributed by atoms with Crippen molar-refractivity contribution in [1.82, 2.24) is 4.72 Å². The van der Waals surface area contributed by atoms with Gasteiger partial charge in [0.15, 0.2) is 28.2 Å². The van der Waals surface area contributed by atoms with Crippen molar-refractivity contribution in [1.29, 1.82) is 0 Å². The predicted octanol–water partition coefficient (Wildman–Crippen LogP) is 2.02. The maximum Gasteiger partial charge on any atom is 0.321 e. The van der Waals surface area contributed by atoms with Crippen LogP contribution in [0.4, 0.5) is 17.6 Å². The lowest BCUT2D eigenvalue weighted by atomic mass is 10.1. The highest BCUT2D eigenvalue weighted by atomic mass is 32.2. The van der Waals surface area contributed by atoms with Crippen molar-refractivity contribution in [3.63, 3.8) is 0 Å². The summed E-state index contributed by atoms with van der Waals surface area (Å²) in [5.41, 5.74) is 0. The summed E-state index contributed by atoms with van der Waals surface area (Å²) in [7, 11) is -5.12. The molecule has 124 valence electrons. The Bertz CT molecular complexity index is 665. The van der Waals surface area contributed by atoms with Crippen LogP contribution in [0.2, 0.25) is 0 Å². The van der Waals surface area contributed by atoms with Crippen molar-refractivity contribution < 1.29 is 35.9 Å². The number of aliphatic carboxylic acids is 1. The molecule has 2 N–H and O–H groups in total. The van der Waals surface area contributed by atoms with Crippen molar-refractivity contribution in [2.24, 2.45) is 5.92 Å². The Hall–Kier alpha value is -1.68. The van der Waals surface area contributed by atoms with E-state index in [1.54, 1.807) is 13.8 Å². The average Bonchev–Trinajstić information content (AvgIpc) is 2.34. The third kappa shape index (κ3) is 3.95. The zero-order valence-electron chi connectivity index (χ0n) is 11.5. The zero-order chi connectivity index (χ0) is 17.2. The number of benzene rings is 1. The fraction of sp³-hybridized carbons (Fsp3) is 0.417. The molecule has 0 aliphatic heterocycles. The molecule has 22 heavy (non-hydrogen) atoms. The molecule has 0 amide bonds. The van der Waals surface area contributed by atoms with E-state index in [1.165, 1.54) is 4.72 Å². The molecule has 1 aromatic carbocycles. The van der Waals surface area contributed by atoms with Crippen LogP contribution in [-0.2, 0) is 14.8 Å². The number of rotatable bonds is 6. The smallest absolute Gasteiger partial charge is 0.321 e. The second-order valence-electron chi connectivity index (χ2n) is 4.94. The number of sulfonamides is 1. The maximum absolute atomic E-state index is 13.5. The van der Waals surface area contributed by atoms with Gasteiger partial charge in [0.1, 0.15) is 6.04 Å². The highest BCUT2D eigenvalue weighted by Gasteiger charge is 2.33. The lowest BCUT2D eigenvalue weighted by Crippen LogP contribution is -2.42. The average molecular weight is 343 g/mol. The molecular formula is C12H13F4NO4S. The first kappa shape index (κ1) is 18.4. The summed E-state index contributed by atoms with van der Waals surface area (Å²) in [5.74, 6) is -9.91. The van der Waals surface area contributed by atoms with Gasteiger partial charge in [0.2, 0.25) is 10.0 Å². The Balaban J connectivity index is 3.33. The van der Waals surface area contributed by atoms with E-state index in [4.69, 9.17) is 5.11 Å². The van der Waals surface area contributed by atoms with Gasteiger partial charge >= 0.3 is 5.97 Å². The molecule has 5 nitrogen and oxygen atoms in total. The van der Waals surface area contributed by atoms with Gasteiger partial charge in [-0.05, 0) is 12.3 Å². The standard InChI is InChI=1S/C12H13F4NO4S/c1-5(2)3-8(12(18)19)17-22(20,21)11-9(15)6(13)4-7(14)10(11)16/h4-5,8,17H,3H2,1-2H3,(H,18,19)/t8-/m1/s1. The molecule has 1 atom stereocenters. The Morgan fingerprint density at radius 3 is 2.00 bits per heavy atom. The number of nitrogens with one attached hydrogen (secondary N) is 1. The first-order valence-corrected chi connectivity index (χ1v) is 7.53. The molecule has 0 aliphatic rings.